The molecule has 1 rings (SSSR count). The smallest absolute Gasteiger partial charge is 0.0764 e. The zero-order valence-electron chi connectivity index (χ0n) is 7.70. The van der Waals surface area contributed by atoms with Crippen molar-refractivity contribution in [1.29, 1.82) is 0 Å². The molecule has 0 aromatic heterocycles. The van der Waals surface area contributed by atoms with Crippen LogP contribution < -0.4 is 0 Å². The lowest BCUT2D eigenvalue weighted by Crippen LogP contribution is -2.02. The SMILES string of the molecule is C=NC(c1ccccc1)C(C)C. The molecule has 0 fully saturated rings. The van der Waals surface area contributed by atoms with Crippen molar-refractivity contribution in [2.75, 3.05) is 0 Å². The van der Waals surface area contributed by atoms with Crippen molar-refractivity contribution in [3.8, 4) is 0 Å². The Morgan fingerprint density at radius 1 is 1.17 bits per heavy atom. The molecule has 1 aromatic rings. The maximum atomic E-state index is 4.11. The first-order valence-corrected chi connectivity index (χ1v) is 4.26. The third-order valence-corrected chi connectivity index (χ3v) is 1.97. The van der Waals surface area contributed by atoms with E-state index in [4.69, 9.17) is 0 Å². The van der Waals surface area contributed by atoms with E-state index < -0.39 is 0 Å². The summed E-state index contributed by atoms with van der Waals surface area (Å²) in [5.41, 5.74) is 1.25. The highest BCUT2D eigenvalue weighted by Gasteiger charge is 2.11. The van der Waals surface area contributed by atoms with Crippen molar-refractivity contribution >= 4 is 6.72 Å². The zero-order valence-corrected chi connectivity index (χ0v) is 7.70. The van der Waals surface area contributed by atoms with E-state index in [1.165, 1.54) is 5.56 Å². The van der Waals surface area contributed by atoms with Gasteiger partial charge >= 0.3 is 0 Å². The fourth-order valence-corrected chi connectivity index (χ4v) is 1.35. The fourth-order valence-electron chi connectivity index (χ4n) is 1.35. The van der Waals surface area contributed by atoms with E-state index in [0.717, 1.165) is 0 Å². The van der Waals surface area contributed by atoms with Gasteiger partial charge in [0.25, 0.3) is 0 Å². The van der Waals surface area contributed by atoms with E-state index in [0.29, 0.717) is 5.92 Å². The highest BCUT2D eigenvalue weighted by Crippen LogP contribution is 2.24. The molecular formula is C11H15N. The van der Waals surface area contributed by atoms with Crippen LogP contribution in [0.2, 0.25) is 0 Å². The first-order valence-electron chi connectivity index (χ1n) is 4.26. The highest BCUT2D eigenvalue weighted by molar-refractivity contribution is 5.28. The van der Waals surface area contributed by atoms with E-state index >= 15 is 0 Å². The molecule has 0 spiro atoms. The first kappa shape index (κ1) is 8.98. The summed E-state index contributed by atoms with van der Waals surface area (Å²) in [7, 11) is 0. The van der Waals surface area contributed by atoms with Gasteiger partial charge in [-0.3, -0.25) is 4.99 Å². The molecule has 0 N–H and O–H groups in total. The van der Waals surface area contributed by atoms with Crippen LogP contribution in [-0.2, 0) is 0 Å². The Labute approximate surface area is 74.2 Å². The molecule has 0 bridgehead atoms. The number of hydrogen-bond acceptors (Lipinski definition) is 1. The maximum absolute atomic E-state index is 4.11. The molecule has 64 valence electrons. The Kier molecular flexibility index (Phi) is 3.03. The molecule has 0 saturated carbocycles. The van der Waals surface area contributed by atoms with Crippen molar-refractivity contribution in [3.05, 3.63) is 35.9 Å². The van der Waals surface area contributed by atoms with Crippen molar-refractivity contribution in [2.24, 2.45) is 10.9 Å². The largest absolute Gasteiger partial charge is 0.293 e. The average Bonchev–Trinajstić information content (AvgIpc) is 2.07. The molecule has 0 heterocycles. The lowest BCUT2D eigenvalue weighted by atomic mass is 9.97. The van der Waals surface area contributed by atoms with Gasteiger partial charge < -0.3 is 0 Å². The molecule has 0 saturated heterocycles. The summed E-state index contributed by atoms with van der Waals surface area (Å²) in [6.45, 7) is 7.93. The quantitative estimate of drug-likeness (QED) is 0.604. The van der Waals surface area contributed by atoms with Crippen LogP contribution in [-0.4, -0.2) is 6.72 Å². The van der Waals surface area contributed by atoms with E-state index in [1.807, 2.05) is 18.2 Å². The Morgan fingerprint density at radius 3 is 2.17 bits per heavy atom. The van der Waals surface area contributed by atoms with Gasteiger partial charge in [-0.05, 0) is 18.2 Å². The predicted octanol–water partition coefficient (Wildman–Crippen LogP) is 3.08. The molecule has 0 aliphatic carbocycles. The van der Waals surface area contributed by atoms with Gasteiger partial charge in [0.2, 0.25) is 0 Å². The summed E-state index contributed by atoms with van der Waals surface area (Å²) in [5.74, 6) is 0.518. The molecule has 1 aromatic carbocycles. The molecule has 0 radical (unpaired) electrons. The molecule has 0 aliphatic heterocycles. The van der Waals surface area contributed by atoms with Crippen molar-refractivity contribution < 1.29 is 0 Å². The third-order valence-electron chi connectivity index (χ3n) is 1.97. The Balaban J connectivity index is 2.88. The summed E-state index contributed by atoms with van der Waals surface area (Å²) >= 11 is 0. The van der Waals surface area contributed by atoms with Crippen LogP contribution in [0.25, 0.3) is 0 Å². The fraction of sp³-hybridized carbons (Fsp3) is 0.364. The Bertz CT molecular complexity index is 238. The third kappa shape index (κ3) is 1.94. The summed E-state index contributed by atoms with van der Waals surface area (Å²) in [6.07, 6.45) is 0. The molecule has 1 atom stereocenters. The summed E-state index contributed by atoms with van der Waals surface area (Å²) in [4.78, 5) is 4.11. The number of aliphatic imine (C=N–C) groups is 1. The van der Waals surface area contributed by atoms with E-state index in [2.05, 4.69) is 37.7 Å². The van der Waals surface area contributed by atoms with Crippen molar-refractivity contribution in [1.82, 2.24) is 0 Å². The minimum absolute atomic E-state index is 0.242. The number of rotatable bonds is 3. The molecule has 0 aliphatic rings. The van der Waals surface area contributed by atoms with Crippen LogP contribution in [0.15, 0.2) is 35.3 Å². The van der Waals surface area contributed by atoms with Gasteiger partial charge in [0.15, 0.2) is 0 Å². The summed E-state index contributed by atoms with van der Waals surface area (Å²) in [6, 6.07) is 10.5. The average molecular weight is 161 g/mol. The summed E-state index contributed by atoms with van der Waals surface area (Å²) < 4.78 is 0. The van der Waals surface area contributed by atoms with Gasteiger partial charge in [0.1, 0.15) is 0 Å². The molecule has 1 heteroatoms. The normalized spacial score (nSPS) is 12.9. The van der Waals surface area contributed by atoms with Crippen molar-refractivity contribution in [2.45, 2.75) is 19.9 Å². The monoisotopic (exact) mass is 161 g/mol. The van der Waals surface area contributed by atoms with Gasteiger partial charge in [-0.2, -0.15) is 0 Å². The van der Waals surface area contributed by atoms with Gasteiger partial charge in [-0.15, -0.1) is 0 Å². The second kappa shape index (κ2) is 4.05. The van der Waals surface area contributed by atoms with Crippen molar-refractivity contribution in [3.63, 3.8) is 0 Å². The minimum Gasteiger partial charge on any atom is -0.293 e. The number of benzene rings is 1. The van der Waals surface area contributed by atoms with E-state index in [-0.39, 0.29) is 6.04 Å². The highest BCUT2D eigenvalue weighted by atomic mass is 14.8. The first-order chi connectivity index (χ1) is 5.75. The molecule has 12 heavy (non-hydrogen) atoms. The zero-order chi connectivity index (χ0) is 8.97. The predicted molar refractivity (Wildman–Crippen MR) is 53.6 cm³/mol. The Hall–Kier alpha value is -1.11. The number of nitrogens with zero attached hydrogens (tertiary/aromatic N) is 1. The van der Waals surface area contributed by atoms with Crippen LogP contribution in [0.1, 0.15) is 25.5 Å². The lowest BCUT2D eigenvalue weighted by molar-refractivity contribution is 0.519. The van der Waals surface area contributed by atoms with Gasteiger partial charge in [-0.1, -0.05) is 44.2 Å². The second-order valence-electron chi connectivity index (χ2n) is 3.28. The van der Waals surface area contributed by atoms with Crippen LogP contribution >= 0.6 is 0 Å². The Morgan fingerprint density at radius 2 is 1.75 bits per heavy atom. The van der Waals surface area contributed by atoms with Gasteiger partial charge in [0.05, 0.1) is 6.04 Å². The molecule has 0 amide bonds. The van der Waals surface area contributed by atoms with Crippen LogP contribution in [0.4, 0.5) is 0 Å². The maximum Gasteiger partial charge on any atom is 0.0764 e. The molecular weight excluding hydrogens is 146 g/mol. The van der Waals surface area contributed by atoms with Gasteiger partial charge in [0, 0.05) is 0 Å². The van der Waals surface area contributed by atoms with Crippen LogP contribution in [0.3, 0.4) is 0 Å². The van der Waals surface area contributed by atoms with E-state index in [1.54, 1.807) is 0 Å². The summed E-state index contributed by atoms with van der Waals surface area (Å²) in [5, 5.41) is 0. The standard InChI is InChI=1S/C11H15N/c1-9(2)11(12-3)10-7-5-4-6-8-10/h4-9,11H,3H2,1-2H3. The lowest BCUT2D eigenvalue weighted by Gasteiger charge is -2.15. The molecule has 1 nitrogen and oxygen atoms in total. The van der Waals surface area contributed by atoms with E-state index in [9.17, 15) is 0 Å². The van der Waals surface area contributed by atoms with Crippen LogP contribution in [0.5, 0.6) is 0 Å². The minimum atomic E-state index is 0.242. The van der Waals surface area contributed by atoms with Crippen LogP contribution in [0, 0.1) is 5.92 Å². The number of hydrogen-bond donors (Lipinski definition) is 0. The molecule has 1 unspecified atom stereocenters. The van der Waals surface area contributed by atoms with Gasteiger partial charge in [-0.25, -0.2) is 0 Å². The second-order valence-corrected chi connectivity index (χ2v) is 3.28. The topological polar surface area (TPSA) is 12.4 Å².